The predicted octanol–water partition coefficient (Wildman–Crippen LogP) is 3.30. The van der Waals surface area contributed by atoms with Gasteiger partial charge in [-0.15, -0.1) is 0 Å². The number of ketones is 1. The summed E-state index contributed by atoms with van der Waals surface area (Å²) in [6, 6.07) is 13.0. The van der Waals surface area contributed by atoms with E-state index in [0.717, 1.165) is 0 Å². The molecule has 0 bridgehead atoms. The largest absolute Gasteiger partial charge is 0.293 e. The van der Waals surface area contributed by atoms with Crippen molar-refractivity contribution in [1.82, 2.24) is 4.72 Å². The summed E-state index contributed by atoms with van der Waals surface area (Å²) >= 11 is 11.7. The number of Topliss-reactive ketones (excluding diaryl/α,β-unsaturated/α-hetero) is 1. The molecule has 0 radical (unpaired) electrons. The van der Waals surface area contributed by atoms with E-state index >= 15 is 0 Å². The lowest BCUT2D eigenvalue weighted by molar-refractivity contribution is 0.0997. The minimum atomic E-state index is -3.66. The third kappa shape index (κ3) is 5.10. The van der Waals surface area contributed by atoms with Crippen LogP contribution >= 0.6 is 23.2 Å². The number of hydrogen-bond donors (Lipinski definition) is 1. The van der Waals surface area contributed by atoms with Crippen molar-refractivity contribution in [1.29, 1.82) is 0 Å². The van der Waals surface area contributed by atoms with E-state index < -0.39 is 10.0 Å². The summed E-state index contributed by atoms with van der Waals surface area (Å²) in [6.07, 6.45) is 0. The smallest absolute Gasteiger partial charge is 0.216 e. The molecule has 2 rings (SSSR count). The zero-order valence-corrected chi connectivity index (χ0v) is 13.8. The van der Waals surface area contributed by atoms with E-state index in [-0.39, 0.29) is 18.1 Å². The minimum Gasteiger partial charge on any atom is -0.293 e. The highest BCUT2D eigenvalue weighted by Gasteiger charge is 2.15. The molecule has 0 atom stereocenters. The molecule has 0 aliphatic rings. The van der Waals surface area contributed by atoms with Crippen LogP contribution < -0.4 is 4.72 Å². The molecule has 2 aromatic carbocycles. The van der Waals surface area contributed by atoms with Crippen LogP contribution in [0.4, 0.5) is 0 Å². The average Bonchev–Trinajstić information content (AvgIpc) is 2.44. The van der Waals surface area contributed by atoms with Gasteiger partial charge in [-0.3, -0.25) is 4.79 Å². The average molecular weight is 358 g/mol. The zero-order chi connectivity index (χ0) is 16.2. The molecule has 0 aliphatic carbocycles. The molecule has 0 saturated heterocycles. The first-order valence-corrected chi connectivity index (χ1v) is 8.77. The molecule has 0 aliphatic heterocycles. The summed E-state index contributed by atoms with van der Waals surface area (Å²) in [6.45, 7) is -0.291. The molecule has 0 unspecified atom stereocenters. The van der Waals surface area contributed by atoms with Gasteiger partial charge in [-0.2, -0.15) is 0 Å². The Morgan fingerprint density at radius 2 is 1.59 bits per heavy atom. The highest BCUT2D eigenvalue weighted by Crippen LogP contribution is 2.20. The third-order valence-corrected chi connectivity index (χ3v) is 4.56. The van der Waals surface area contributed by atoms with Gasteiger partial charge in [0.05, 0.1) is 12.3 Å². The number of sulfonamides is 1. The Balaban J connectivity index is 2.01. The van der Waals surface area contributed by atoms with Crippen LogP contribution in [0.3, 0.4) is 0 Å². The van der Waals surface area contributed by atoms with Gasteiger partial charge in [0.1, 0.15) is 0 Å². The Morgan fingerprint density at radius 1 is 1.00 bits per heavy atom. The Bertz CT molecular complexity index is 756. The molecule has 4 nitrogen and oxygen atoms in total. The van der Waals surface area contributed by atoms with Crippen LogP contribution in [0.15, 0.2) is 48.5 Å². The van der Waals surface area contributed by atoms with E-state index in [1.807, 2.05) is 0 Å². The van der Waals surface area contributed by atoms with Crippen molar-refractivity contribution in [3.05, 3.63) is 69.7 Å². The van der Waals surface area contributed by atoms with Crippen LogP contribution in [0.25, 0.3) is 0 Å². The van der Waals surface area contributed by atoms with Gasteiger partial charge in [0, 0.05) is 15.6 Å². The Morgan fingerprint density at radius 3 is 2.18 bits per heavy atom. The van der Waals surface area contributed by atoms with Crippen molar-refractivity contribution < 1.29 is 13.2 Å². The van der Waals surface area contributed by atoms with Gasteiger partial charge < -0.3 is 0 Å². The third-order valence-electron chi connectivity index (χ3n) is 2.83. The van der Waals surface area contributed by atoms with Crippen molar-refractivity contribution >= 4 is 39.0 Å². The molecule has 0 saturated carbocycles. The first-order chi connectivity index (χ1) is 10.4. The summed E-state index contributed by atoms with van der Waals surface area (Å²) in [7, 11) is -3.66. The van der Waals surface area contributed by atoms with Crippen LogP contribution in [0.1, 0.15) is 15.9 Å². The minimum absolute atomic E-state index is 0.291. The van der Waals surface area contributed by atoms with Gasteiger partial charge in [-0.1, -0.05) is 53.5 Å². The fraction of sp³-hybridized carbons (Fsp3) is 0.133. The normalized spacial score (nSPS) is 11.4. The van der Waals surface area contributed by atoms with Crippen molar-refractivity contribution in [2.45, 2.75) is 5.75 Å². The maximum absolute atomic E-state index is 12.0. The highest BCUT2D eigenvalue weighted by atomic mass is 35.5. The first-order valence-electron chi connectivity index (χ1n) is 6.36. The number of hydrogen-bond acceptors (Lipinski definition) is 3. The fourth-order valence-electron chi connectivity index (χ4n) is 1.87. The molecule has 0 amide bonds. The van der Waals surface area contributed by atoms with Crippen molar-refractivity contribution in [2.75, 3.05) is 6.54 Å². The number of carbonyl (C=O) groups excluding carboxylic acids is 1. The number of benzene rings is 2. The van der Waals surface area contributed by atoms with Gasteiger partial charge in [-0.25, -0.2) is 13.1 Å². The maximum atomic E-state index is 12.0. The summed E-state index contributed by atoms with van der Waals surface area (Å²) < 4.78 is 26.3. The molecule has 0 aromatic heterocycles. The Hall–Kier alpha value is -1.40. The van der Waals surface area contributed by atoms with Crippen molar-refractivity contribution in [2.24, 2.45) is 0 Å². The van der Waals surface area contributed by atoms with Crippen molar-refractivity contribution in [3.8, 4) is 0 Å². The second-order valence-electron chi connectivity index (χ2n) is 4.65. The van der Waals surface area contributed by atoms with E-state index in [4.69, 9.17) is 23.2 Å². The van der Waals surface area contributed by atoms with Gasteiger partial charge in [0.2, 0.25) is 10.0 Å². The summed E-state index contributed by atoms with van der Waals surface area (Å²) in [5, 5.41) is 0.719. The van der Waals surface area contributed by atoms with Crippen molar-refractivity contribution in [3.63, 3.8) is 0 Å². The van der Waals surface area contributed by atoms with Crippen LogP contribution in [-0.4, -0.2) is 20.7 Å². The molecule has 0 spiro atoms. The SMILES string of the molecule is O=C(CNS(=O)(=O)Cc1cc(Cl)cc(Cl)c1)c1ccccc1. The number of rotatable bonds is 6. The number of nitrogens with one attached hydrogen (secondary N) is 1. The van der Waals surface area contributed by atoms with E-state index in [2.05, 4.69) is 4.72 Å². The molecule has 0 fully saturated rings. The van der Waals surface area contributed by atoms with Gasteiger partial charge in [0.15, 0.2) is 5.78 Å². The van der Waals surface area contributed by atoms with E-state index in [1.165, 1.54) is 18.2 Å². The van der Waals surface area contributed by atoms with Crippen LogP contribution in [0.5, 0.6) is 0 Å². The summed E-state index contributed by atoms with van der Waals surface area (Å²) in [5.74, 6) is -0.594. The Labute approximate surface area is 139 Å². The van der Waals surface area contributed by atoms with Gasteiger partial charge in [0.25, 0.3) is 0 Å². The second-order valence-corrected chi connectivity index (χ2v) is 7.33. The fourth-order valence-corrected chi connectivity index (χ4v) is 3.50. The maximum Gasteiger partial charge on any atom is 0.216 e. The second kappa shape index (κ2) is 7.24. The monoisotopic (exact) mass is 357 g/mol. The number of halogens is 2. The summed E-state index contributed by atoms with van der Waals surface area (Å²) in [4.78, 5) is 11.9. The molecule has 0 heterocycles. The molecule has 2 aromatic rings. The van der Waals surface area contributed by atoms with Gasteiger partial charge >= 0.3 is 0 Å². The zero-order valence-electron chi connectivity index (χ0n) is 11.4. The van der Waals surface area contributed by atoms with Crippen LogP contribution in [0, 0.1) is 0 Å². The molecule has 22 heavy (non-hydrogen) atoms. The highest BCUT2D eigenvalue weighted by molar-refractivity contribution is 7.88. The lowest BCUT2D eigenvalue weighted by Gasteiger charge is -2.07. The summed E-state index contributed by atoms with van der Waals surface area (Å²) in [5.41, 5.74) is 0.910. The molecule has 116 valence electrons. The molecular formula is C15H13Cl2NO3S. The van der Waals surface area contributed by atoms with E-state index in [9.17, 15) is 13.2 Å². The lowest BCUT2D eigenvalue weighted by atomic mass is 10.1. The van der Waals surface area contributed by atoms with E-state index in [1.54, 1.807) is 30.3 Å². The van der Waals surface area contributed by atoms with E-state index in [0.29, 0.717) is 21.2 Å². The molecular weight excluding hydrogens is 345 g/mol. The van der Waals surface area contributed by atoms with Gasteiger partial charge in [-0.05, 0) is 23.8 Å². The predicted molar refractivity (Wildman–Crippen MR) is 87.9 cm³/mol. The topological polar surface area (TPSA) is 63.2 Å². The van der Waals surface area contributed by atoms with Crippen LogP contribution in [-0.2, 0) is 15.8 Å². The molecule has 7 heteroatoms. The van der Waals surface area contributed by atoms with Crippen LogP contribution in [0.2, 0.25) is 10.0 Å². The first kappa shape index (κ1) is 17.0. The number of carbonyl (C=O) groups is 1. The quantitative estimate of drug-likeness (QED) is 0.806. The Kier molecular flexibility index (Phi) is 5.58. The molecule has 1 N–H and O–H groups in total. The standard InChI is InChI=1S/C15H13Cl2NO3S/c16-13-6-11(7-14(17)8-13)10-22(20,21)18-9-15(19)12-4-2-1-3-5-12/h1-8,18H,9-10H2. The lowest BCUT2D eigenvalue weighted by Crippen LogP contribution is -2.30.